The first-order valence-corrected chi connectivity index (χ1v) is 5.04. The Labute approximate surface area is 98.0 Å². The summed E-state index contributed by atoms with van der Waals surface area (Å²) in [6.45, 7) is 2.25. The molecule has 1 aromatic carbocycles. The largest absolute Gasteiger partial charge is 0.480 e. The fourth-order valence-corrected chi connectivity index (χ4v) is 1.65. The Morgan fingerprint density at radius 2 is 2.06 bits per heavy atom. The molecule has 0 saturated carbocycles. The van der Waals surface area contributed by atoms with Crippen molar-refractivity contribution in [2.45, 2.75) is 25.1 Å². The summed E-state index contributed by atoms with van der Waals surface area (Å²) in [5.74, 6) is -1.43. The van der Waals surface area contributed by atoms with Crippen LogP contribution < -0.4 is 5.73 Å². The molecule has 0 radical (unpaired) electrons. The minimum atomic E-state index is -2.11. The van der Waals surface area contributed by atoms with E-state index >= 15 is 0 Å². The molecule has 0 heterocycles. The minimum absolute atomic E-state index is 0.139. The number of aliphatic carboxylic acids is 1. The first-order chi connectivity index (χ1) is 7.19. The van der Waals surface area contributed by atoms with Gasteiger partial charge in [-0.1, -0.05) is 23.7 Å². The Hall–Kier alpha value is -1.13. The van der Waals surface area contributed by atoms with Gasteiger partial charge in [0.25, 0.3) is 0 Å². The second-order valence-corrected chi connectivity index (χ2v) is 4.53. The van der Waals surface area contributed by atoms with Crippen molar-refractivity contribution < 1.29 is 14.3 Å². The Morgan fingerprint density at radius 1 is 1.50 bits per heavy atom. The highest BCUT2D eigenvalue weighted by molar-refractivity contribution is 6.30. The number of hydrogen-bond acceptors (Lipinski definition) is 2. The Bertz CT molecular complexity index is 417. The zero-order valence-corrected chi connectivity index (χ0v) is 9.75. The molecule has 16 heavy (non-hydrogen) atoms. The van der Waals surface area contributed by atoms with Crippen LogP contribution in [0.1, 0.15) is 19.4 Å². The molecule has 1 aromatic rings. The van der Waals surface area contributed by atoms with Gasteiger partial charge in [-0.25, -0.2) is 9.18 Å². The lowest BCUT2D eigenvalue weighted by Gasteiger charge is -2.34. The van der Waals surface area contributed by atoms with Gasteiger partial charge in [-0.15, -0.1) is 0 Å². The molecule has 0 bridgehead atoms. The lowest BCUT2D eigenvalue weighted by atomic mass is 9.78. The highest BCUT2D eigenvalue weighted by atomic mass is 35.5. The van der Waals surface area contributed by atoms with Crippen LogP contribution in [0.3, 0.4) is 0 Å². The van der Waals surface area contributed by atoms with Gasteiger partial charge in [0.15, 0.2) is 5.54 Å². The van der Waals surface area contributed by atoms with Crippen LogP contribution in [0.5, 0.6) is 0 Å². The van der Waals surface area contributed by atoms with Crippen molar-refractivity contribution in [1.29, 1.82) is 0 Å². The third-order valence-electron chi connectivity index (χ3n) is 2.56. The summed E-state index contributed by atoms with van der Waals surface area (Å²) >= 11 is 5.73. The van der Waals surface area contributed by atoms with Gasteiger partial charge in [-0.2, -0.15) is 0 Å². The van der Waals surface area contributed by atoms with Crippen LogP contribution in [0.25, 0.3) is 0 Å². The second kappa shape index (κ2) is 4.03. The van der Waals surface area contributed by atoms with Crippen LogP contribution in [-0.2, 0) is 10.3 Å². The first-order valence-electron chi connectivity index (χ1n) is 4.67. The molecule has 0 amide bonds. The fourth-order valence-electron chi connectivity index (χ4n) is 1.45. The molecule has 0 aliphatic carbocycles. The summed E-state index contributed by atoms with van der Waals surface area (Å²) in [4.78, 5) is 11.2. The van der Waals surface area contributed by atoms with E-state index in [1.807, 2.05) is 0 Å². The standard InChI is InChI=1S/C11H13ClFNO2/c1-10(2,13)11(14,9(15)16)7-4-3-5-8(12)6-7/h3-6H,14H2,1-2H3,(H,15,16). The molecule has 1 rings (SSSR count). The average molecular weight is 246 g/mol. The van der Waals surface area contributed by atoms with Crippen LogP contribution in [-0.4, -0.2) is 16.7 Å². The van der Waals surface area contributed by atoms with Crippen LogP contribution in [0, 0.1) is 0 Å². The predicted molar refractivity (Wildman–Crippen MR) is 60.1 cm³/mol. The summed E-state index contributed by atoms with van der Waals surface area (Å²) in [7, 11) is 0. The topological polar surface area (TPSA) is 63.3 Å². The Morgan fingerprint density at radius 3 is 2.44 bits per heavy atom. The molecule has 3 N–H and O–H groups in total. The number of nitrogens with two attached hydrogens (primary N) is 1. The summed E-state index contributed by atoms with van der Waals surface area (Å²) in [6.07, 6.45) is 0. The van der Waals surface area contributed by atoms with Crippen molar-refractivity contribution in [2.75, 3.05) is 0 Å². The van der Waals surface area contributed by atoms with Crippen molar-refractivity contribution in [2.24, 2.45) is 5.73 Å². The van der Waals surface area contributed by atoms with E-state index in [0.717, 1.165) is 13.8 Å². The number of alkyl halides is 1. The smallest absolute Gasteiger partial charge is 0.331 e. The maximum atomic E-state index is 14.0. The highest BCUT2D eigenvalue weighted by Gasteiger charge is 2.50. The Kier molecular flexibility index (Phi) is 3.26. The van der Waals surface area contributed by atoms with Gasteiger partial charge in [0.1, 0.15) is 5.67 Å². The molecule has 0 aliphatic rings. The van der Waals surface area contributed by atoms with Gasteiger partial charge in [-0.05, 0) is 31.5 Å². The summed E-state index contributed by atoms with van der Waals surface area (Å²) in [5.41, 5.74) is 1.59. The van der Waals surface area contributed by atoms with Crippen LogP contribution in [0.2, 0.25) is 5.02 Å². The second-order valence-electron chi connectivity index (χ2n) is 4.10. The van der Waals surface area contributed by atoms with Gasteiger partial charge in [0, 0.05) is 5.02 Å². The Balaban J connectivity index is 3.39. The SMILES string of the molecule is CC(C)(F)C(N)(C(=O)O)c1cccc(Cl)c1. The summed E-state index contributed by atoms with van der Waals surface area (Å²) < 4.78 is 14.0. The molecule has 1 atom stereocenters. The van der Waals surface area contributed by atoms with Crippen molar-refractivity contribution in [3.8, 4) is 0 Å². The van der Waals surface area contributed by atoms with Gasteiger partial charge in [-0.3, -0.25) is 0 Å². The van der Waals surface area contributed by atoms with E-state index in [4.69, 9.17) is 22.4 Å². The van der Waals surface area contributed by atoms with E-state index in [2.05, 4.69) is 0 Å². The van der Waals surface area contributed by atoms with Gasteiger partial charge < -0.3 is 10.8 Å². The van der Waals surface area contributed by atoms with Crippen molar-refractivity contribution in [1.82, 2.24) is 0 Å². The molecule has 0 saturated heterocycles. The van der Waals surface area contributed by atoms with Crippen molar-refractivity contribution in [3.05, 3.63) is 34.9 Å². The number of benzene rings is 1. The maximum Gasteiger partial charge on any atom is 0.331 e. The lowest BCUT2D eigenvalue weighted by Crippen LogP contribution is -2.57. The van der Waals surface area contributed by atoms with Crippen molar-refractivity contribution >= 4 is 17.6 Å². The van der Waals surface area contributed by atoms with E-state index in [0.29, 0.717) is 5.02 Å². The third-order valence-corrected chi connectivity index (χ3v) is 2.79. The van der Waals surface area contributed by atoms with Crippen molar-refractivity contribution in [3.63, 3.8) is 0 Å². The number of halogens is 2. The predicted octanol–water partition coefficient (Wildman–Crippen LogP) is 2.33. The van der Waals surface area contributed by atoms with E-state index < -0.39 is 17.2 Å². The average Bonchev–Trinajstić information content (AvgIpc) is 2.14. The molecule has 5 heteroatoms. The fraction of sp³-hybridized carbons (Fsp3) is 0.364. The molecule has 0 aliphatic heterocycles. The molecule has 88 valence electrons. The minimum Gasteiger partial charge on any atom is -0.480 e. The van der Waals surface area contributed by atoms with E-state index in [1.165, 1.54) is 18.2 Å². The number of rotatable bonds is 3. The molecule has 0 spiro atoms. The molecular weight excluding hydrogens is 233 g/mol. The highest BCUT2D eigenvalue weighted by Crippen LogP contribution is 2.34. The zero-order valence-electron chi connectivity index (χ0n) is 9.00. The molecule has 1 unspecified atom stereocenters. The normalized spacial score (nSPS) is 15.6. The first kappa shape index (κ1) is 12.9. The van der Waals surface area contributed by atoms with Gasteiger partial charge in [0.05, 0.1) is 0 Å². The third kappa shape index (κ3) is 2.03. The zero-order chi connectivity index (χ0) is 12.6. The van der Waals surface area contributed by atoms with E-state index in [9.17, 15) is 9.18 Å². The lowest BCUT2D eigenvalue weighted by molar-refractivity contribution is -0.149. The van der Waals surface area contributed by atoms with Gasteiger partial charge in [0.2, 0.25) is 0 Å². The number of carboxylic acids is 1. The van der Waals surface area contributed by atoms with Crippen LogP contribution in [0.4, 0.5) is 4.39 Å². The molecule has 0 aromatic heterocycles. The maximum absolute atomic E-state index is 14.0. The van der Waals surface area contributed by atoms with Crippen LogP contribution in [0.15, 0.2) is 24.3 Å². The quantitative estimate of drug-likeness (QED) is 0.859. The molecule has 0 fully saturated rings. The van der Waals surface area contributed by atoms with E-state index in [-0.39, 0.29) is 5.56 Å². The number of hydrogen-bond donors (Lipinski definition) is 2. The monoisotopic (exact) mass is 245 g/mol. The summed E-state index contributed by atoms with van der Waals surface area (Å²) in [5, 5.41) is 9.42. The van der Waals surface area contributed by atoms with E-state index in [1.54, 1.807) is 6.07 Å². The summed E-state index contributed by atoms with van der Waals surface area (Å²) in [6, 6.07) is 5.91. The molecule has 3 nitrogen and oxygen atoms in total. The number of carboxylic acid groups (broad SMARTS) is 1. The van der Waals surface area contributed by atoms with Gasteiger partial charge >= 0.3 is 5.97 Å². The molecular formula is C11H13ClFNO2. The number of carbonyl (C=O) groups is 1. The van der Waals surface area contributed by atoms with Crippen LogP contribution >= 0.6 is 11.6 Å².